The number of carbonyl (C=O) groups excluding carboxylic acids is 1. The number of aromatic nitrogens is 2. The molecule has 2 aromatic carbocycles. The first-order valence-corrected chi connectivity index (χ1v) is 13.6. The summed E-state index contributed by atoms with van der Waals surface area (Å²) in [5.41, 5.74) is 2.94. The molecular formula is C27H23N5O4S2. The van der Waals surface area contributed by atoms with Crippen LogP contribution in [-0.4, -0.2) is 27.0 Å². The van der Waals surface area contributed by atoms with Gasteiger partial charge < -0.3 is 10.3 Å². The first kappa shape index (κ1) is 25.6. The average Bonchev–Trinajstić information content (AvgIpc) is 3.26. The molecule has 2 aromatic heterocycles. The number of hydrogen-bond donors (Lipinski definition) is 2. The highest BCUT2D eigenvalue weighted by Gasteiger charge is 2.25. The standard InChI is InChI=1S/C27H23N5O4S2/c1-16-13-23(33)31-27(29-16)38-21-12-11-19(32(35)36)14-17(21)15-28-26-24(20-9-5-6-10-22(20)37-26)25(34)30-18-7-3-2-4-8-18/h2-4,7-8,11-15H,5-6,9-10H2,1H3,(H,30,34)(H,29,31,33)/b28-15+. The van der Waals surface area contributed by atoms with Crippen molar-refractivity contribution < 1.29 is 9.72 Å². The van der Waals surface area contributed by atoms with E-state index in [1.165, 1.54) is 41.3 Å². The van der Waals surface area contributed by atoms with Crippen LogP contribution in [0.4, 0.5) is 16.4 Å². The Morgan fingerprint density at radius 2 is 1.97 bits per heavy atom. The van der Waals surface area contributed by atoms with E-state index in [-0.39, 0.29) is 17.2 Å². The summed E-state index contributed by atoms with van der Waals surface area (Å²) in [5, 5.41) is 15.4. The number of fused-ring (bicyclic) bond motifs is 1. The minimum atomic E-state index is -0.471. The van der Waals surface area contributed by atoms with Gasteiger partial charge in [-0.2, -0.15) is 0 Å². The van der Waals surface area contributed by atoms with Gasteiger partial charge in [-0.15, -0.1) is 11.3 Å². The number of nitro benzene ring substituents is 1. The van der Waals surface area contributed by atoms with E-state index in [0.717, 1.165) is 36.1 Å². The zero-order chi connectivity index (χ0) is 26.6. The third-order valence-corrected chi connectivity index (χ3v) is 8.17. The van der Waals surface area contributed by atoms with Crippen LogP contribution in [0, 0.1) is 17.0 Å². The van der Waals surface area contributed by atoms with E-state index in [4.69, 9.17) is 0 Å². The number of benzene rings is 2. The van der Waals surface area contributed by atoms with E-state index in [0.29, 0.717) is 37.6 Å². The number of carbonyl (C=O) groups is 1. The zero-order valence-electron chi connectivity index (χ0n) is 20.4. The van der Waals surface area contributed by atoms with Gasteiger partial charge in [-0.1, -0.05) is 30.0 Å². The maximum atomic E-state index is 13.4. The van der Waals surface area contributed by atoms with Gasteiger partial charge in [0.15, 0.2) is 5.16 Å². The van der Waals surface area contributed by atoms with Crippen molar-refractivity contribution >= 4 is 51.6 Å². The van der Waals surface area contributed by atoms with Gasteiger partial charge in [0.2, 0.25) is 0 Å². The Hall–Kier alpha value is -4.09. The predicted molar refractivity (Wildman–Crippen MR) is 149 cm³/mol. The van der Waals surface area contributed by atoms with Crippen molar-refractivity contribution in [2.75, 3.05) is 5.32 Å². The molecule has 2 N–H and O–H groups in total. The third-order valence-electron chi connectivity index (χ3n) is 5.99. The Balaban J connectivity index is 1.53. The predicted octanol–water partition coefficient (Wildman–Crippen LogP) is 6.08. The van der Waals surface area contributed by atoms with Crippen molar-refractivity contribution in [3.05, 3.63) is 102 Å². The molecule has 0 saturated heterocycles. The van der Waals surface area contributed by atoms with Crippen LogP contribution in [0.15, 0.2) is 74.4 Å². The number of nitrogens with one attached hydrogen (secondary N) is 2. The van der Waals surface area contributed by atoms with Crippen molar-refractivity contribution in [2.45, 2.75) is 42.7 Å². The van der Waals surface area contributed by atoms with E-state index < -0.39 is 4.92 Å². The fraction of sp³-hybridized carbons (Fsp3) is 0.185. The number of para-hydroxylation sites is 1. The summed E-state index contributed by atoms with van der Waals surface area (Å²) in [6.45, 7) is 1.72. The fourth-order valence-corrected chi connectivity index (χ4v) is 6.41. The molecular weight excluding hydrogens is 522 g/mol. The van der Waals surface area contributed by atoms with Crippen LogP contribution in [-0.2, 0) is 12.8 Å². The molecule has 0 unspecified atom stereocenters. The van der Waals surface area contributed by atoms with Crippen LogP contribution in [0.5, 0.6) is 0 Å². The maximum absolute atomic E-state index is 13.4. The summed E-state index contributed by atoms with van der Waals surface area (Å²) in [6.07, 6.45) is 5.31. The van der Waals surface area contributed by atoms with Crippen LogP contribution in [0.2, 0.25) is 0 Å². The minimum Gasteiger partial charge on any atom is -0.322 e. The van der Waals surface area contributed by atoms with Crippen LogP contribution < -0.4 is 10.9 Å². The number of amides is 1. The summed E-state index contributed by atoms with van der Waals surface area (Å²) < 4.78 is 0. The Kier molecular flexibility index (Phi) is 7.47. The van der Waals surface area contributed by atoms with E-state index in [9.17, 15) is 19.7 Å². The van der Waals surface area contributed by atoms with Crippen LogP contribution in [0.25, 0.3) is 0 Å². The van der Waals surface area contributed by atoms with Crippen molar-refractivity contribution in [3.8, 4) is 0 Å². The number of aliphatic imine (C=N–C) groups is 1. The van der Waals surface area contributed by atoms with Gasteiger partial charge in [-0.25, -0.2) is 9.98 Å². The molecule has 0 atom stereocenters. The van der Waals surface area contributed by atoms with Crippen molar-refractivity contribution in [1.82, 2.24) is 9.97 Å². The lowest BCUT2D eigenvalue weighted by Crippen LogP contribution is -2.14. The minimum absolute atomic E-state index is 0.0889. The van der Waals surface area contributed by atoms with Gasteiger partial charge in [0.1, 0.15) is 5.00 Å². The average molecular weight is 546 g/mol. The third kappa shape index (κ3) is 5.74. The Morgan fingerprint density at radius 1 is 1.18 bits per heavy atom. The first-order chi connectivity index (χ1) is 18.4. The molecule has 1 aliphatic carbocycles. The molecule has 1 amide bonds. The SMILES string of the molecule is Cc1cc(=O)[nH]c(Sc2ccc([N+](=O)[O-])cc2/C=N/c2sc3c(c2C(=O)Nc2ccccc2)CCCC3)n1. The Labute approximate surface area is 226 Å². The second-order valence-electron chi connectivity index (χ2n) is 8.74. The first-order valence-electron chi connectivity index (χ1n) is 12.0. The number of non-ortho nitro benzene ring substituents is 1. The summed E-state index contributed by atoms with van der Waals surface area (Å²) >= 11 is 2.67. The maximum Gasteiger partial charge on any atom is 0.270 e. The van der Waals surface area contributed by atoms with Gasteiger partial charge in [-0.05, 0) is 56.4 Å². The Bertz CT molecular complexity index is 1610. The molecule has 192 valence electrons. The molecule has 0 radical (unpaired) electrons. The number of hydrogen-bond acceptors (Lipinski definition) is 8. The number of anilines is 1. The highest BCUT2D eigenvalue weighted by molar-refractivity contribution is 7.99. The summed E-state index contributed by atoms with van der Waals surface area (Å²) in [4.78, 5) is 49.8. The second-order valence-corrected chi connectivity index (χ2v) is 10.9. The lowest BCUT2D eigenvalue weighted by atomic mass is 9.95. The van der Waals surface area contributed by atoms with Gasteiger partial charge in [-0.3, -0.25) is 19.7 Å². The topological polar surface area (TPSA) is 130 Å². The van der Waals surface area contributed by atoms with Crippen molar-refractivity contribution in [2.24, 2.45) is 4.99 Å². The second kappa shape index (κ2) is 11.1. The van der Waals surface area contributed by atoms with Crippen molar-refractivity contribution in [1.29, 1.82) is 0 Å². The Morgan fingerprint density at radius 3 is 2.74 bits per heavy atom. The highest BCUT2D eigenvalue weighted by Crippen LogP contribution is 2.40. The van der Waals surface area contributed by atoms with E-state index in [1.54, 1.807) is 19.2 Å². The number of rotatable bonds is 7. The zero-order valence-corrected chi connectivity index (χ0v) is 22.0. The molecule has 0 fully saturated rings. The molecule has 9 nitrogen and oxygen atoms in total. The monoisotopic (exact) mass is 545 g/mol. The largest absolute Gasteiger partial charge is 0.322 e. The molecule has 4 aromatic rings. The number of aryl methyl sites for hydroxylation is 2. The number of H-pyrrole nitrogens is 1. The molecule has 38 heavy (non-hydrogen) atoms. The van der Waals surface area contributed by atoms with Gasteiger partial charge >= 0.3 is 0 Å². The molecule has 0 spiro atoms. The number of thiophene rings is 1. The summed E-state index contributed by atoms with van der Waals surface area (Å²) in [7, 11) is 0. The van der Waals surface area contributed by atoms with Crippen LogP contribution in [0.3, 0.4) is 0 Å². The van der Waals surface area contributed by atoms with Gasteiger partial charge in [0.05, 0.1) is 10.5 Å². The highest BCUT2D eigenvalue weighted by atomic mass is 32.2. The summed E-state index contributed by atoms with van der Waals surface area (Å²) in [6, 6.07) is 15.1. The molecule has 0 saturated carbocycles. The van der Waals surface area contributed by atoms with Gasteiger partial charge in [0.25, 0.3) is 17.2 Å². The fourth-order valence-electron chi connectivity index (χ4n) is 4.27. The smallest absolute Gasteiger partial charge is 0.270 e. The molecule has 1 aliphatic rings. The van der Waals surface area contributed by atoms with E-state index >= 15 is 0 Å². The van der Waals surface area contributed by atoms with Gasteiger partial charge in [0, 0.05) is 51.1 Å². The van der Waals surface area contributed by atoms with E-state index in [2.05, 4.69) is 20.3 Å². The molecule has 2 heterocycles. The van der Waals surface area contributed by atoms with Crippen molar-refractivity contribution in [3.63, 3.8) is 0 Å². The van der Waals surface area contributed by atoms with Crippen LogP contribution >= 0.6 is 23.1 Å². The number of nitro groups is 1. The summed E-state index contributed by atoms with van der Waals surface area (Å²) in [5.74, 6) is -0.224. The number of nitrogens with zero attached hydrogens (tertiary/aromatic N) is 3. The normalized spacial score (nSPS) is 12.9. The quantitative estimate of drug-likeness (QED) is 0.125. The molecule has 11 heteroatoms. The van der Waals surface area contributed by atoms with Crippen LogP contribution in [0.1, 0.15) is 44.9 Å². The molecule has 5 rings (SSSR count). The lowest BCUT2D eigenvalue weighted by molar-refractivity contribution is -0.384. The van der Waals surface area contributed by atoms with E-state index in [1.807, 2.05) is 30.3 Å². The number of aromatic amines is 1. The lowest BCUT2D eigenvalue weighted by Gasteiger charge is -2.12. The molecule has 0 bridgehead atoms. The molecule has 0 aliphatic heterocycles.